The molecule has 0 atom stereocenters. The fourth-order valence-corrected chi connectivity index (χ4v) is 1.34. The van der Waals surface area contributed by atoms with Crippen molar-refractivity contribution in [1.29, 1.82) is 0 Å². The van der Waals surface area contributed by atoms with Gasteiger partial charge < -0.3 is 15.2 Å². The van der Waals surface area contributed by atoms with Gasteiger partial charge in [0, 0.05) is 0 Å². The van der Waals surface area contributed by atoms with Gasteiger partial charge in [0.05, 0.1) is 17.8 Å². The zero-order valence-electron chi connectivity index (χ0n) is 8.47. The van der Waals surface area contributed by atoms with Crippen molar-refractivity contribution in [3.05, 3.63) is 22.7 Å². The molecular weight excluding hydrogens is 263 g/mol. The molecule has 0 amide bonds. The number of ether oxygens (including phenoxy) is 2. The van der Waals surface area contributed by atoms with Crippen LogP contribution in [-0.2, 0) is 4.74 Å². The number of halogens is 4. The Labute approximate surface area is 99.1 Å². The van der Waals surface area contributed by atoms with Crippen LogP contribution < -0.4 is 10.5 Å². The van der Waals surface area contributed by atoms with Crippen molar-refractivity contribution in [2.24, 2.45) is 0 Å². The van der Waals surface area contributed by atoms with E-state index >= 15 is 0 Å². The summed E-state index contributed by atoms with van der Waals surface area (Å²) < 4.78 is 44.0. The number of hydrogen-bond acceptors (Lipinski definition) is 4. The molecule has 4 nitrogen and oxygen atoms in total. The molecule has 8 heteroatoms. The second kappa shape index (κ2) is 4.70. The molecule has 0 saturated heterocycles. The van der Waals surface area contributed by atoms with E-state index in [-0.39, 0.29) is 10.6 Å². The first-order valence-electron chi connectivity index (χ1n) is 4.18. The minimum Gasteiger partial charge on any atom is -0.465 e. The number of rotatable bonds is 2. The Hall–Kier alpha value is -1.63. The quantitative estimate of drug-likeness (QED) is 0.662. The Balaban J connectivity index is 3.24. The van der Waals surface area contributed by atoms with E-state index in [2.05, 4.69) is 9.47 Å². The molecule has 0 aliphatic heterocycles. The van der Waals surface area contributed by atoms with Crippen LogP contribution in [0.1, 0.15) is 10.4 Å². The Morgan fingerprint density at radius 1 is 1.41 bits per heavy atom. The van der Waals surface area contributed by atoms with Crippen LogP contribution in [0.15, 0.2) is 12.1 Å². The maximum Gasteiger partial charge on any atom is 0.573 e. The van der Waals surface area contributed by atoms with Crippen molar-refractivity contribution in [1.82, 2.24) is 0 Å². The summed E-state index contributed by atoms with van der Waals surface area (Å²) in [7, 11) is 1.05. The second-order valence-electron chi connectivity index (χ2n) is 2.87. The Morgan fingerprint density at radius 3 is 2.47 bits per heavy atom. The van der Waals surface area contributed by atoms with Crippen molar-refractivity contribution in [2.75, 3.05) is 12.8 Å². The van der Waals surface area contributed by atoms with Crippen molar-refractivity contribution in [3.8, 4) is 5.75 Å². The number of hydrogen-bond donors (Lipinski definition) is 1. The number of nitrogens with two attached hydrogens (primary N) is 1. The maximum atomic E-state index is 12.0. The fourth-order valence-electron chi connectivity index (χ4n) is 1.10. The van der Waals surface area contributed by atoms with Gasteiger partial charge in [0.2, 0.25) is 0 Å². The van der Waals surface area contributed by atoms with Gasteiger partial charge in [-0.25, -0.2) is 4.79 Å². The number of anilines is 1. The predicted octanol–water partition coefficient (Wildman–Crippen LogP) is 2.61. The molecule has 0 fully saturated rings. The van der Waals surface area contributed by atoms with Crippen LogP contribution in [-0.4, -0.2) is 19.4 Å². The number of carbonyl (C=O) groups is 1. The lowest BCUT2D eigenvalue weighted by atomic mass is 10.1. The second-order valence-corrected chi connectivity index (χ2v) is 3.28. The number of carbonyl (C=O) groups excluding carboxylic acids is 1. The van der Waals surface area contributed by atoms with Crippen LogP contribution in [0.5, 0.6) is 5.75 Å². The minimum atomic E-state index is -4.91. The summed E-state index contributed by atoms with van der Waals surface area (Å²) in [6, 6.07) is 1.98. The molecule has 0 heterocycles. The van der Waals surface area contributed by atoms with Crippen molar-refractivity contribution in [2.45, 2.75) is 6.36 Å². The molecule has 94 valence electrons. The molecular formula is C9H7ClF3NO3. The summed E-state index contributed by atoms with van der Waals surface area (Å²) in [5.41, 5.74) is 4.47. The van der Waals surface area contributed by atoms with Crippen molar-refractivity contribution < 1.29 is 27.4 Å². The van der Waals surface area contributed by atoms with E-state index in [9.17, 15) is 18.0 Å². The number of benzene rings is 1. The summed E-state index contributed by atoms with van der Waals surface area (Å²) in [6.45, 7) is 0. The van der Waals surface area contributed by atoms with E-state index < -0.39 is 23.8 Å². The van der Waals surface area contributed by atoms with E-state index in [1.165, 1.54) is 0 Å². The number of methoxy groups -OCH3 is 1. The largest absolute Gasteiger partial charge is 0.573 e. The Bertz CT molecular complexity index is 448. The Kier molecular flexibility index (Phi) is 3.72. The molecule has 0 saturated carbocycles. The minimum absolute atomic E-state index is 0.121. The molecule has 0 bridgehead atoms. The van der Waals surface area contributed by atoms with E-state index in [1.54, 1.807) is 0 Å². The van der Waals surface area contributed by atoms with E-state index in [4.69, 9.17) is 17.3 Å². The van der Waals surface area contributed by atoms with Crippen LogP contribution in [0.3, 0.4) is 0 Å². The van der Waals surface area contributed by atoms with Crippen LogP contribution in [0.25, 0.3) is 0 Å². The summed E-state index contributed by atoms with van der Waals surface area (Å²) in [4.78, 5) is 11.2. The molecule has 0 aliphatic rings. The Morgan fingerprint density at radius 2 is 2.00 bits per heavy atom. The third-order valence-electron chi connectivity index (χ3n) is 1.77. The molecule has 1 aromatic carbocycles. The highest BCUT2D eigenvalue weighted by Gasteiger charge is 2.33. The zero-order valence-corrected chi connectivity index (χ0v) is 9.22. The average molecular weight is 270 g/mol. The monoisotopic (exact) mass is 269 g/mol. The molecule has 17 heavy (non-hydrogen) atoms. The lowest BCUT2D eigenvalue weighted by Gasteiger charge is -2.13. The van der Waals surface area contributed by atoms with Crippen molar-refractivity contribution in [3.63, 3.8) is 0 Å². The molecule has 0 aromatic heterocycles. The van der Waals surface area contributed by atoms with E-state index in [0.717, 1.165) is 19.2 Å². The third kappa shape index (κ3) is 3.16. The van der Waals surface area contributed by atoms with Crippen LogP contribution in [0.2, 0.25) is 5.02 Å². The molecule has 0 spiro atoms. The molecule has 1 rings (SSSR count). The van der Waals surface area contributed by atoms with Gasteiger partial charge in [-0.05, 0) is 12.1 Å². The standard InChI is InChI=1S/C9H7ClF3NO3/c1-16-8(15)6-4(10)2-3-5(7(6)14)17-9(11,12)13/h2-3H,14H2,1H3. The number of alkyl halides is 3. The van der Waals surface area contributed by atoms with E-state index in [1.807, 2.05) is 0 Å². The summed E-state index contributed by atoms with van der Waals surface area (Å²) in [5, 5.41) is -0.121. The highest BCUT2D eigenvalue weighted by atomic mass is 35.5. The first-order valence-corrected chi connectivity index (χ1v) is 4.56. The first-order chi connectivity index (χ1) is 7.76. The van der Waals surface area contributed by atoms with Gasteiger partial charge in [0.1, 0.15) is 5.56 Å². The maximum absolute atomic E-state index is 12.0. The fraction of sp³-hybridized carbons (Fsp3) is 0.222. The lowest BCUT2D eigenvalue weighted by Crippen LogP contribution is -2.19. The normalized spacial score (nSPS) is 11.1. The van der Waals surface area contributed by atoms with Gasteiger partial charge in [-0.15, -0.1) is 13.2 Å². The summed E-state index contributed by atoms with van der Waals surface area (Å²) in [5.74, 6) is -1.65. The topological polar surface area (TPSA) is 61.5 Å². The van der Waals surface area contributed by atoms with Gasteiger partial charge in [0.15, 0.2) is 5.75 Å². The lowest BCUT2D eigenvalue weighted by molar-refractivity contribution is -0.274. The van der Waals surface area contributed by atoms with Gasteiger partial charge >= 0.3 is 12.3 Å². The van der Waals surface area contributed by atoms with Gasteiger partial charge in [-0.3, -0.25) is 0 Å². The summed E-state index contributed by atoms with van der Waals surface area (Å²) in [6.07, 6.45) is -4.91. The average Bonchev–Trinajstić information content (AvgIpc) is 2.20. The SMILES string of the molecule is COC(=O)c1c(Cl)ccc(OC(F)(F)F)c1N. The zero-order chi connectivity index (χ0) is 13.2. The molecule has 1 aromatic rings. The van der Waals surface area contributed by atoms with Gasteiger partial charge in [-0.1, -0.05) is 11.6 Å². The molecule has 2 N–H and O–H groups in total. The third-order valence-corrected chi connectivity index (χ3v) is 2.08. The van der Waals surface area contributed by atoms with Gasteiger partial charge in [0.25, 0.3) is 0 Å². The predicted molar refractivity (Wildman–Crippen MR) is 53.9 cm³/mol. The highest BCUT2D eigenvalue weighted by Crippen LogP contribution is 2.34. The van der Waals surface area contributed by atoms with Crippen LogP contribution in [0.4, 0.5) is 18.9 Å². The number of esters is 1. The summed E-state index contributed by atoms with van der Waals surface area (Å²) >= 11 is 5.63. The highest BCUT2D eigenvalue weighted by molar-refractivity contribution is 6.34. The molecule has 0 radical (unpaired) electrons. The molecule has 0 unspecified atom stereocenters. The smallest absolute Gasteiger partial charge is 0.465 e. The van der Waals surface area contributed by atoms with Gasteiger partial charge in [-0.2, -0.15) is 0 Å². The van der Waals surface area contributed by atoms with Crippen LogP contribution in [0, 0.1) is 0 Å². The van der Waals surface area contributed by atoms with Crippen molar-refractivity contribution >= 4 is 23.3 Å². The molecule has 0 aliphatic carbocycles. The van der Waals surface area contributed by atoms with Crippen LogP contribution >= 0.6 is 11.6 Å². The first kappa shape index (κ1) is 13.4. The number of nitrogen functional groups attached to an aromatic ring is 1. The van der Waals surface area contributed by atoms with E-state index in [0.29, 0.717) is 0 Å².